The highest BCUT2D eigenvalue weighted by atomic mass is 35.5. The van der Waals surface area contributed by atoms with E-state index in [0.717, 1.165) is 13.0 Å². The van der Waals surface area contributed by atoms with Gasteiger partial charge in [-0.05, 0) is 58.2 Å². The van der Waals surface area contributed by atoms with Crippen molar-refractivity contribution < 1.29 is 4.39 Å². The van der Waals surface area contributed by atoms with Crippen molar-refractivity contribution in [3.63, 3.8) is 0 Å². The maximum absolute atomic E-state index is 13.6. The van der Waals surface area contributed by atoms with Crippen molar-refractivity contribution in [2.45, 2.75) is 18.9 Å². The predicted molar refractivity (Wildman–Crippen MR) is 71.1 cm³/mol. The molecule has 0 amide bonds. The van der Waals surface area contributed by atoms with Gasteiger partial charge in [-0.1, -0.05) is 17.7 Å². The second-order valence-corrected chi connectivity index (χ2v) is 4.95. The van der Waals surface area contributed by atoms with Gasteiger partial charge in [0.1, 0.15) is 5.82 Å². The van der Waals surface area contributed by atoms with Crippen LogP contribution in [0.15, 0.2) is 18.2 Å². The highest BCUT2D eigenvalue weighted by Gasteiger charge is 2.11. The predicted octanol–water partition coefficient (Wildman–Crippen LogP) is 2.56. The number of hydrogen-bond acceptors (Lipinski definition) is 2. The van der Waals surface area contributed by atoms with Crippen LogP contribution < -0.4 is 5.32 Å². The first-order chi connectivity index (χ1) is 8.02. The van der Waals surface area contributed by atoms with Gasteiger partial charge in [-0.2, -0.15) is 0 Å². The molecule has 1 N–H and O–H groups in total. The molecule has 2 nitrogen and oxygen atoms in total. The molecule has 0 heterocycles. The minimum absolute atomic E-state index is 0.220. The van der Waals surface area contributed by atoms with Crippen LogP contribution in [-0.2, 0) is 6.42 Å². The molecule has 17 heavy (non-hydrogen) atoms. The molecule has 0 aliphatic carbocycles. The normalized spacial score (nSPS) is 13.1. The summed E-state index contributed by atoms with van der Waals surface area (Å²) >= 11 is 5.73. The summed E-state index contributed by atoms with van der Waals surface area (Å²) in [7, 11) is 5.99. The SMILES string of the molecule is CNC(CCN(C)C)Cc1ccc(Cl)cc1F. The van der Waals surface area contributed by atoms with E-state index < -0.39 is 0 Å². The van der Waals surface area contributed by atoms with Crippen LogP contribution in [0.2, 0.25) is 5.02 Å². The van der Waals surface area contributed by atoms with Crippen LogP contribution in [0.3, 0.4) is 0 Å². The molecule has 4 heteroatoms. The van der Waals surface area contributed by atoms with E-state index in [0.29, 0.717) is 17.0 Å². The lowest BCUT2D eigenvalue weighted by Gasteiger charge is -2.19. The molecule has 0 saturated carbocycles. The Kier molecular flexibility index (Phi) is 5.89. The topological polar surface area (TPSA) is 15.3 Å². The van der Waals surface area contributed by atoms with E-state index in [2.05, 4.69) is 10.2 Å². The molecule has 0 bridgehead atoms. The molecule has 1 aromatic rings. The van der Waals surface area contributed by atoms with Crippen molar-refractivity contribution in [2.24, 2.45) is 0 Å². The zero-order valence-corrected chi connectivity index (χ0v) is 11.4. The average Bonchev–Trinajstić information content (AvgIpc) is 2.26. The van der Waals surface area contributed by atoms with E-state index in [1.165, 1.54) is 6.07 Å². The zero-order chi connectivity index (χ0) is 12.8. The third kappa shape index (κ3) is 5.02. The highest BCUT2D eigenvalue weighted by Crippen LogP contribution is 2.16. The zero-order valence-electron chi connectivity index (χ0n) is 10.6. The summed E-state index contributed by atoms with van der Waals surface area (Å²) in [6.45, 7) is 0.987. The van der Waals surface area contributed by atoms with Crippen molar-refractivity contribution in [2.75, 3.05) is 27.7 Å². The van der Waals surface area contributed by atoms with Crippen molar-refractivity contribution >= 4 is 11.6 Å². The van der Waals surface area contributed by atoms with E-state index in [1.54, 1.807) is 12.1 Å². The fraction of sp³-hybridized carbons (Fsp3) is 0.538. The molecule has 1 aromatic carbocycles. The Labute approximate surface area is 108 Å². The van der Waals surface area contributed by atoms with Gasteiger partial charge in [0.05, 0.1) is 0 Å². The van der Waals surface area contributed by atoms with Gasteiger partial charge in [-0.25, -0.2) is 4.39 Å². The third-order valence-corrected chi connectivity index (χ3v) is 3.05. The van der Waals surface area contributed by atoms with Gasteiger partial charge in [0, 0.05) is 11.1 Å². The minimum Gasteiger partial charge on any atom is -0.317 e. The lowest BCUT2D eigenvalue weighted by Crippen LogP contribution is -2.31. The molecule has 1 unspecified atom stereocenters. The number of benzene rings is 1. The average molecular weight is 259 g/mol. The molecule has 0 aromatic heterocycles. The van der Waals surface area contributed by atoms with Crippen molar-refractivity contribution in [1.29, 1.82) is 0 Å². The van der Waals surface area contributed by atoms with E-state index in [4.69, 9.17) is 11.6 Å². The maximum Gasteiger partial charge on any atom is 0.127 e. The van der Waals surface area contributed by atoms with Crippen LogP contribution in [0.25, 0.3) is 0 Å². The van der Waals surface area contributed by atoms with Gasteiger partial charge in [-0.3, -0.25) is 0 Å². The van der Waals surface area contributed by atoms with Crippen LogP contribution in [0.5, 0.6) is 0 Å². The van der Waals surface area contributed by atoms with Crippen molar-refractivity contribution in [1.82, 2.24) is 10.2 Å². The first-order valence-corrected chi connectivity index (χ1v) is 6.16. The Bertz CT molecular complexity index is 355. The van der Waals surface area contributed by atoms with E-state index >= 15 is 0 Å². The summed E-state index contributed by atoms with van der Waals surface area (Å²) in [5, 5.41) is 3.67. The molecule has 96 valence electrons. The third-order valence-electron chi connectivity index (χ3n) is 2.81. The molecular formula is C13H20ClFN2. The molecule has 0 spiro atoms. The molecule has 0 fully saturated rings. The maximum atomic E-state index is 13.6. The molecular weight excluding hydrogens is 239 g/mol. The van der Waals surface area contributed by atoms with Gasteiger partial charge in [0.25, 0.3) is 0 Å². The molecule has 1 rings (SSSR count). The Balaban J connectivity index is 2.60. The summed E-state index contributed by atoms with van der Waals surface area (Å²) in [6, 6.07) is 5.15. The second kappa shape index (κ2) is 6.94. The largest absolute Gasteiger partial charge is 0.317 e. The lowest BCUT2D eigenvalue weighted by molar-refractivity contribution is 0.363. The van der Waals surface area contributed by atoms with Gasteiger partial charge >= 0.3 is 0 Å². The fourth-order valence-corrected chi connectivity index (χ4v) is 1.87. The van der Waals surface area contributed by atoms with Gasteiger partial charge in [-0.15, -0.1) is 0 Å². The molecule has 1 atom stereocenters. The second-order valence-electron chi connectivity index (χ2n) is 4.52. The summed E-state index contributed by atoms with van der Waals surface area (Å²) < 4.78 is 13.6. The molecule has 0 aliphatic rings. The number of nitrogens with one attached hydrogen (secondary N) is 1. The highest BCUT2D eigenvalue weighted by molar-refractivity contribution is 6.30. The van der Waals surface area contributed by atoms with Crippen LogP contribution in [-0.4, -0.2) is 38.6 Å². The van der Waals surface area contributed by atoms with Crippen LogP contribution in [0.1, 0.15) is 12.0 Å². The van der Waals surface area contributed by atoms with E-state index in [1.807, 2.05) is 21.1 Å². The van der Waals surface area contributed by atoms with Gasteiger partial charge in [0.15, 0.2) is 0 Å². The number of rotatable bonds is 6. The Morgan fingerprint density at radius 2 is 2.12 bits per heavy atom. The number of nitrogens with zero attached hydrogens (tertiary/aromatic N) is 1. The van der Waals surface area contributed by atoms with Gasteiger partial charge in [0.2, 0.25) is 0 Å². The Morgan fingerprint density at radius 1 is 1.41 bits per heavy atom. The quantitative estimate of drug-likeness (QED) is 0.844. The molecule has 0 aliphatic heterocycles. The smallest absolute Gasteiger partial charge is 0.127 e. The Morgan fingerprint density at radius 3 is 2.65 bits per heavy atom. The van der Waals surface area contributed by atoms with Crippen LogP contribution in [0, 0.1) is 5.82 Å². The van der Waals surface area contributed by atoms with Crippen molar-refractivity contribution in [3.05, 3.63) is 34.6 Å². The standard InChI is InChI=1S/C13H20ClFN2/c1-16-12(6-7-17(2)3)8-10-4-5-11(14)9-13(10)15/h4-5,9,12,16H,6-8H2,1-3H3. The minimum atomic E-state index is -0.220. The number of hydrogen-bond donors (Lipinski definition) is 1. The summed E-state index contributed by atoms with van der Waals surface area (Å²) in [5.74, 6) is -0.220. The van der Waals surface area contributed by atoms with Crippen LogP contribution in [0.4, 0.5) is 4.39 Å². The fourth-order valence-electron chi connectivity index (χ4n) is 1.72. The van der Waals surface area contributed by atoms with E-state index in [9.17, 15) is 4.39 Å². The monoisotopic (exact) mass is 258 g/mol. The summed E-state index contributed by atoms with van der Waals surface area (Å²) in [6.07, 6.45) is 1.68. The molecule has 0 radical (unpaired) electrons. The van der Waals surface area contributed by atoms with Crippen LogP contribution >= 0.6 is 11.6 Å². The summed E-state index contributed by atoms with van der Waals surface area (Å²) in [4.78, 5) is 2.13. The number of likely N-dealkylation sites (N-methyl/N-ethyl adjacent to an activating group) is 1. The first-order valence-electron chi connectivity index (χ1n) is 5.79. The first kappa shape index (κ1) is 14.4. The van der Waals surface area contributed by atoms with Crippen molar-refractivity contribution in [3.8, 4) is 0 Å². The van der Waals surface area contributed by atoms with Gasteiger partial charge < -0.3 is 10.2 Å². The molecule has 0 saturated heterocycles. The summed E-state index contributed by atoms with van der Waals surface area (Å²) in [5.41, 5.74) is 0.715. The lowest BCUT2D eigenvalue weighted by atomic mass is 10.0. The van der Waals surface area contributed by atoms with E-state index in [-0.39, 0.29) is 11.9 Å². The Hall–Kier alpha value is -0.640. The number of halogens is 2.